The van der Waals surface area contributed by atoms with Gasteiger partial charge in [0, 0.05) is 24.8 Å². The monoisotopic (exact) mass is 488 g/mol. The number of nitrogens with zero attached hydrogens (tertiary/aromatic N) is 1. The summed E-state index contributed by atoms with van der Waals surface area (Å²) < 4.78 is 13.2. The molecule has 0 fully saturated rings. The summed E-state index contributed by atoms with van der Waals surface area (Å²) in [5.74, 6) is -2.31. The van der Waals surface area contributed by atoms with Gasteiger partial charge in [-0.2, -0.15) is 0 Å². The third kappa shape index (κ3) is 5.35. The third-order valence-corrected chi connectivity index (χ3v) is 5.63. The van der Waals surface area contributed by atoms with Crippen molar-refractivity contribution in [1.82, 2.24) is 16.0 Å². The Morgan fingerprint density at radius 1 is 1.18 bits per heavy atom. The molecule has 180 valence electrons. The summed E-state index contributed by atoms with van der Waals surface area (Å²) >= 11 is 5.95. The van der Waals surface area contributed by atoms with Crippen molar-refractivity contribution in [2.24, 2.45) is 10.7 Å². The fraction of sp³-hybridized carbons (Fsp3) is 0.304. The predicted molar refractivity (Wildman–Crippen MR) is 128 cm³/mol. The van der Waals surface area contributed by atoms with E-state index in [9.17, 15) is 18.8 Å². The second kappa shape index (κ2) is 10.6. The molecule has 0 bridgehead atoms. The standard InChI is InChI=1S/C23H26ClFN6O3/c1-13(2)27-9-10-28-21(33)19-23(22(26)34,30-12-29-19)14-3-6-16(7-4-14)31-20(32)17-8-5-15(25)11-18(17)24/h3-8,11-13,19,27H,9-10H2,1-2H3,(H2,26,34)(H,28,33)(H,29,30)(H,31,32). The molecular formula is C23H26ClFN6O3. The second-order valence-electron chi connectivity index (χ2n) is 8.05. The maximum Gasteiger partial charge on any atom is 0.257 e. The minimum Gasteiger partial charge on any atom is -0.367 e. The molecule has 11 heteroatoms. The molecule has 1 aliphatic heterocycles. The number of hydrogen-bond acceptors (Lipinski definition) is 6. The number of aliphatic imine (C=N–C) groups is 1. The van der Waals surface area contributed by atoms with Crippen molar-refractivity contribution in [2.45, 2.75) is 31.5 Å². The molecule has 0 aromatic heterocycles. The quantitative estimate of drug-likeness (QED) is 0.341. The van der Waals surface area contributed by atoms with Crippen LogP contribution in [0.4, 0.5) is 10.1 Å². The van der Waals surface area contributed by atoms with Crippen LogP contribution >= 0.6 is 11.6 Å². The van der Waals surface area contributed by atoms with Crippen LogP contribution in [0.1, 0.15) is 29.8 Å². The van der Waals surface area contributed by atoms with Gasteiger partial charge in [0.1, 0.15) is 5.82 Å². The third-order valence-electron chi connectivity index (χ3n) is 5.31. The lowest BCUT2D eigenvalue weighted by Crippen LogP contribution is -2.60. The number of rotatable bonds is 9. The van der Waals surface area contributed by atoms with Gasteiger partial charge in [-0.15, -0.1) is 0 Å². The first-order chi connectivity index (χ1) is 16.1. The Labute approximate surface area is 201 Å². The van der Waals surface area contributed by atoms with Gasteiger partial charge in [0.05, 0.1) is 16.9 Å². The molecule has 0 saturated carbocycles. The number of carbonyl (C=O) groups is 3. The van der Waals surface area contributed by atoms with E-state index in [1.165, 1.54) is 12.4 Å². The first-order valence-corrected chi connectivity index (χ1v) is 11.0. The highest BCUT2D eigenvalue weighted by molar-refractivity contribution is 6.34. The molecule has 2 atom stereocenters. The van der Waals surface area contributed by atoms with Crippen LogP contribution in [0, 0.1) is 5.82 Å². The number of benzene rings is 2. The van der Waals surface area contributed by atoms with Crippen LogP contribution in [0.5, 0.6) is 0 Å². The van der Waals surface area contributed by atoms with Gasteiger partial charge in [-0.3, -0.25) is 19.4 Å². The lowest BCUT2D eigenvalue weighted by atomic mass is 9.82. The van der Waals surface area contributed by atoms with Crippen molar-refractivity contribution in [3.63, 3.8) is 0 Å². The second-order valence-corrected chi connectivity index (χ2v) is 8.46. The zero-order valence-electron chi connectivity index (χ0n) is 18.7. The molecule has 0 radical (unpaired) electrons. The minimum atomic E-state index is -1.58. The maximum atomic E-state index is 13.2. The molecule has 3 rings (SSSR count). The molecule has 0 saturated heterocycles. The Morgan fingerprint density at radius 2 is 1.88 bits per heavy atom. The zero-order valence-corrected chi connectivity index (χ0v) is 19.4. The number of hydrogen-bond donors (Lipinski definition) is 5. The molecule has 1 aliphatic rings. The van der Waals surface area contributed by atoms with Crippen molar-refractivity contribution in [3.05, 3.63) is 64.4 Å². The topological polar surface area (TPSA) is 138 Å². The SMILES string of the molecule is CC(C)NCCNC(=O)C1N=CNC1(C(N)=O)c1ccc(NC(=O)c2ccc(F)cc2Cl)cc1. The number of anilines is 1. The highest BCUT2D eigenvalue weighted by Crippen LogP contribution is 2.31. The maximum absolute atomic E-state index is 13.2. The fourth-order valence-electron chi connectivity index (χ4n) is 3.59. The predicted octanol–water partition coefficient (Wildman–Crippen LogP) is 1.53. The first kappa shape index (κ1) is 25.1. The van der Waals surface area contributed by atoms with Crippen LogP contribution < -0.4 is 27.0 Å². The van der Waals surface area contributed by atoms with Crippen molar-refractivity contribution in [3.8, 4) is 0 Å². The number of halogens is 2. The smallest absolute Gasteiger partial charge is 0.257 e. The summed E-state index contributed by atoms with van der Waals surface area (Å²) in [5.41, 5.74) is 5.04. The van der Waals surface area contributed by atoms with E-state index in [0.717, 1.165) is 12.1 Å². The van der Waals surface area contributed by atoms with Gasteiger partial charge >= 0.3 is 0 Å². The van der Waals surface area contributed by atoms with E-state index in [2.05, 4.69) is 26.3 Å². The van der Waals surface area contributed by atoms with Gasteiger partial charge < -0.3 is 27.0 Å². The summed E-state index contributed by atoms with van der Waals surface area (Å²) in [6.07, 6.45) is 1.29. The van der Waals surface area contributed by atoms with E-state index in [4.69, 9.17) is 17.3 Å². The summed E-state index contributed by atoms with van der Waals surface area (Å²) in [6.45, 7) is 4.90. The molecule has 9 nitrogen and oxygen atoms in total. The summed E-state index contributed by atoms with van der Waals surface area (Å²) in [6, 6.07) is 8.86. The van der Waals surface area contributed by atoms with E-state index < -0.39 is 35.1 Å². The Morgan fingerprint density at radius 3 is 2.50 bits per heavy atom. The molecule has 1 heterocycles. The van der Waals surface area contributed by atoms with E-state index in [1.807, 2.05) is 13.8 Å². The van der Waals surface area contributed by atoms with E-state index >= 15 is 0 Å². The lowest BCUT2D eigenvalue weighted by molar-refractivity contribution is -0.131. The zero-order chi connectivity index (χ0) is 24.9. The average molecular weight is 489 g/mol. The molecule has 2 aromatic rings. The van der Waals surface area contributed by atoms with Gasteiger partial charge in [-0.25, -0.2) is 4.39 Å². The van der Waals surface area contributed by atoms with Crippen LogP contribution in [0.2, 0.25) is 5.02 Å². The summed E-state index contributed by atoms with van der Waals surface area (Å²) in [5, 5.41) is 11.4. The highest BCUT2D eigenvalue weighted by atomic mass is 35.5. The Bertz CT molecular complexity index is 1110. The molecule has 3 amide bonds. The summed E-state index contributed by atoms with van der Waals surface area (Å²) in [7, 11) is 0. The van der Waals surface area contributed by atoms with Gasteiger partial charge in [0.25, 0.3) is 11.8 Å². The normalized spacial score (nSPS) is 19.0. The molecule has 34 heavy (non-hydrogen) atoms. The summed E-state index contributed by atoms with van der Waals surface area (Å²) in [4.78, 5) is 42.0. The lowest BCUT2D eigenvalue weighted by Gasteiger charge is -2.31. The largest absolute Gasteiger partial charge is 0.367 e. The first-order valence-electron chi connectivity index (χ1n) is 10.6. The van der Waals surface area contributed by atoms with Gasteiger partial charge in [-0.1, -0.05) is 37.6 Å². The van der Waals surface area contributed by atoms with Crippen LogP contribution in [0.3, 0.4) is 0 Å². The average Bonchev–Trinajstić information content (AvgIpc) is 3.23. The van der Waals surface area contributed by atoms with Crippen molar-refractivity contribution in [2.75, 3.05) is 18.4 Å². The number of nitrogens with one attached hydrogen (secondary N) is 4. The Kier molecular flexibility index (Phi) is 7.85. The van der Waals surface area contributed by atoms with E-state index in [-0.39, 0.29) is 16.6 Å². The van der Waals surface area contributed by atoms with Crippen molar-refractivity contribution in [1.29, 1.82) is 0 Å². The van der Waals surface area contributed by atoms with Crippen LogP contribution in [0.25, 0.3) is 0 Å². The van der Waals surface area contributed by atoms with Crippen molar-refractivity contribution < 1.29 is 18.8 Å². The number of amides is 3. The van der Waals surface area contributed by atoms with Crippen molar-refractivity contribution >= 4 is 41.3 Å². The fourth-order valence-corrected chi connectivity index (χ4v) is 3.84. The van der Waals surface area contributed by atoms with Crippen LogP contribution in [0.15, 0.2) is 47.5 Å². The highest BCUT2D eigenvalue weighted by Gasteiger charge is 2.52. The Hall–Kier alpha value is -3.50. The number of primary amides is 1. The minimum absolute atomic E-state index is 0.0217. The molecule has 2 aromatic carbocycles. The van der Waals surface area contributed by atoms with Gasteiger partial charge in [0.2, 0.25) is 5.91 Å². The molecule has 2 unspecified atom stereocenters. The van der Waals surface area contributed by atoms with Gasteiger partial charge in [-0.05, 0) is 35.9 Å². The number of nitrogens with two attached hydrogens (primary N) is 1. The number of carbonyl (C=O) groups excluding carboxylic acids is 3. The Balaban J connectivity index is 1.76. The van der Waals surface area contributed by atoms with Crippen LogP contribution in [-0.2, 0) is 15.1 Å². The molecule has 0 spiro atoms. The van der Waals surface area contributed by atoms with Crippen LogP contribution in [-0.4, -0.2) is 49.2 Å². The van der Waals surface area contributed by atoms with Gasteiger partial charge in [0.15, 0.2) is 11.6 Å². The molecule has 0 aliphatic carbocycles. The molecule has 6 N–H and O–H groups in total. The van der Waals surface area contributed by atoms with E-state index in [1.54, 1.807) is 24.3 Å². The van der Waals surface area contributed by atoms with E-state index in [0.29, 0.717) is 24.3 Å². The molecular weight excluding hydrogens is 463 g/mol.